The first-order valence-electron chi connectivity index (χ1n) is 10.7. The molecule has 3 heterocycles. The van der Waals surface area contributed by atoms with Crippen molar-refractivity contribution in [1.82, 2.24) is 29.3 Å². The van der Waals surface area contributed by atoms with Gasteiger partial charge in [0.05, 0.1) is 16.5 Å². The number of hydrogen-bond donors (Lipinski definition) is 1. The topological polar surface area (TPSA) is 114 Å². The monoisotopic (exact) mass is 502 g/mol. The second-order valence-corrected chi connectivity index (χ2v) is 10.5. The molecule has 0 radical (unpaired) electrons. The second kappa shape index (κ2) is 8.90. The van der Waals surface area contributed by atoms with Crippen molar-refractivity contribution >= 4 is 32.8 Å². The van der Waals surface area contributed by atoms with Crippen LogP contribution in [-0.2, 0) is 16.6 Å². The minimum absolute atomic E-state index is 0.0545. The summed E-state index contributed by atoms with van der Waals surface area (Å²) in [6.07, 6.45) is 0.922. The first-order chi connectivity index (χ1) is 16.3. The van der Waals surface area contributed by atoms with E-state index in [1.807, 2.05) is 30.3 Å². The van der Waals surface area contributed by atoms with E-state index in [4.69, 9.17) is 11.6 Å². The SMILES string of the molecule is O=c1[nH]c(C2CCN(S(=O)(=O)c3ccc(F)c(Cl)c3)CC2)nc2c1nnn2Cc1ccccc1. The molecule has 2 aromatic heterocycles. The molecule has 2 aromatic carbocycles. The Bertz CT molecular complexity index is 1510. The fourth-order valence-corrected chi connectivity index (χ4v) is 5.84. The molecule has 0 unspecified atom stereocenters. The van der Waals surface area contributed by atoms with Gasteiger partial charge in [0.1, 0.15) is 11.6 Å². The Labute approximate surface area is 199 Å². The normalized spacial score (nSPS) is 15.7. The lowest BCUT2D eigenvalue weighted by atomic mass is 9.97. The van der Waals surface area contributed by atoms with Crippen LogP contribution in [0.3, 0.4) is 0 Å². The average molecular weight is 503 g/mol. The van der Waals surface area contributed by atoms with Gasteiger partial charge in [-0.3, -0.25) is 4.79 Å². The van der Waals surface area contributed by atoms with Gasteiger partial charge in [-0.05, 0) is 36.6 Å². The summed E-state index contributed by atoms with van der Waals surface area (Å²) in [5.74, 6) is -0.331. The fourth-order valence-electron chi connectivity index (χ4n) is 4.10. The van der Waals surface area contributed by atoms with Gasteiger partial charge in [0.2, 0.25) is 10.0 Å². The van der Waals surface area contributed by atoms with Crippen LogP contribution < -0.4 is 5.56 Å². The van der Waals surface area contributed by atoms with Gasteiger partial charge in [-0.1, -0.05) is 47.1 Å². The van der Waals surface area contributed by atoms with E-state index in [2.05, 4.69) is 20.3 Å². The highest BCUT2D eigenvalue weighted by Gasteiger charge is 2.31. The summed E-state index contributed by atoms with van der Waals surface area (Å²) < 4.78 is 42.3. The predicted octanol–water partition coefficient (Wildman–Crippen LogP) is 2.92. The molecule has 176 valence electrons. The summed E-state index contributed by atoms with van der Waals surface area (Å²) in [6.45, 7) is 0.876. The zero-order chi connectivity index (χ0) is 23.9. The van der Waals surface area contributed by atoms with Crippen molar-refractivity contribution in [3.63, 3.8) is 0 Å². The van der Waals surface area contributed by atoms with Gasteiger partial charge >= 0.3 is 0 Å². The van der Waals surface area contributed by atoms with Crippen LogP contribution in [0.1, 0.15) is 30.1 Å². The van der Waals surface area contributed by atoms with E-state index in [1.54, 1.807) is 4.68 Å². The lowest BCUT2D eigenvalue weighted by molar-refractivity contribution is 0.313. The zero-order valence-corrected chi connectivity index (χ0v) is 19.4. The fraction of sp³-hybridized carbons (Fsp3) is 0.273. The quantitative estimate of drug-likeness (QED) is 0.449. The molecule has 0 saturated carbocycles. The lowest BCUT2D eigenvalue weighted by Gasteiger charge is -2.30. The second-order valence-electron chi connectivity index (χ2n) is 8.11. The van der Waals surface area contributed by atoms with Crippen molar-refractivity contribution in [1.29, 1.82) is 0 Å². The smallest absolute Gasteiger partial charge is 0.281 e. The summed E-state index contributed by atoms with van der Waals surface area (Å²) in [5, 5.41) is 7.82. The summed E-state index contributed by atoms with van der Waals surface area (Å²) in [6, 6.07) is 13.0. The molecule has 0 bridgehead atoms. The first kappa shape index (κ1) is 22.6. The van der Waals surface area contributed by atoms with Crippen molar-refractivity contribution in [2.24, 2.45) is 0 Å². The average Bonchev–Trinajstić information content (AvgIpc) is 3.24. The molecular weight excluding hydrogens is 483 g/mol. The maximum atomic E-state index is 13.5. The number of sulfonamides is 1. The number of nitrogens with one attached hydrogen (secondary N) is 1. The molecule has 34 heavy (non-hydrogen) atoms. The molecule has 9 nitrogen and oxygen atoms in total. The third-order valence-electron chi connectivity index (χ3n) is 5.94. The number of aromatic nitrogens is 5. The van der Waals surface area contributed by atoms with E-state index >= 15 is 0 Å². The number of aromatic amines is 1. The van der Waals surface area contributed by atoms with Crippen LogP contribution in [0.15, 0.2) is 58.2 Å². The van der Waals surface area contributed by atoms with Gasteiger partial charge in [0, 0.05) is 19.0 Å². The van der Waals surface area contributed by atoms with E-state index in [0.29, 0.717) is 30.9 Å². The number of fused-ring (bicyclic) bond motifs is 1. The first-order valence-corrected chi connectivity index (χ1v) is 12.5. The Morgan fingerprint density at radius 3 is 2.56 bits per heavy atom. The van der Waals surface area contributed by atoms with E-state index < -0.39 is 15.8 Å². The number of halogens is 2. The molecule has 4 aromatic rings. The molecule has 1 aliphatic heterocycles. The van der Waals surface area contributed by atoms with Gasteiger partial charge in [-0.15, -0.1) is 5.10 Å². The van der Waals surface area contributed by atoms with Crippen LogP contribution in [0.4, 0.5) is 4.39 Å². The number of hydrogen-bond acceptors (Lipinski definition) is 6. The Kier molecular flexibility index (Phi) is 5.92. The molecule has 0 amide bonds. The Morgan fingerprint density at radius 1 is 1.12 bits per heavy atom. The van der Waals surface area contributed by atoms with Crippen LogP contribution >= 0.6 is 11.6 Å². The Balaban J connectivity index is 1.37. The molecule has 0 aliphatic carbocycles. The molecule has 1 saturated heterocycles. The van der Waals surface area contributed by atoms with Crippen molar-refractivity contribution in [2.45, 2.75) is 30.2 Å². The summed E-state index contributed by atoms with van der Waals surface area (Å²) >= 11 is 5.77. The highest BCUT2D eigenvalue weighted by Crippen LogP contribution is 2.30. The molecular formula is C22H20ClFN6O3S. The van der Waals surface area contributed by atoms with Crippen molar-refractivity contribution in [3.8, 4) is 0 Å². The molecule has 0 atom stereocenters. The number of nitrogens with zero attached hydrogens (tertiary/aromatic N) is 5. The van der Waals surface area contributed by atoms with Gasteiger partial charge in [0.15, 0.2) is 11.2 Å². The molecule has 1 fully saturated rings. The molecule has 1 aliphatic rings. The highest BCUT2D eigenvalue weighted by atomic mass is 35.5. The number of rotatable bonds is 5. The van der Waals surface area contributed by atoms with Crippen LogP contribution in [0.25, 0.3) is 11.2 Å². The van der Waals surface area contributed by atoms with Crippen LogP contribution in [0, 0.1) is 5.82 Å². The van der Waals surface area contributed by atoms with Crippen LogP contribution in [-0.4, -0.2) is 50.8 Å². The lowest BCUT2D eigenvalue weighted by Crippen LogP contribution is -2.38. The van der Waals surface area contributed by atoms with E-state index in [0.717, 1.165) is 17.7 Å². The predicted molar refractivity (Wildman–Crippen MR) is 124 cm³/mol. The third-order valence-corrected chi connectivity index (χ3v) is 8.12. The Morgan fingerprint density at radius 2 is 1.85 bits per heavy atom. The highest BCUT2D eigenvalue weighted by molar-refractivity contribution is 7.89. The maximum Gasteiger partial charge on any atom is 0.281 e. The minimum atomic E-state index is -3.82. The molecule has 0 spiro atoms. The van der Waals surface area contributed by atoms with Gasteiger partial charge in [-0.25, -0.2) is 22.5 Å². The van der Waals surface area contributed by atoms with E-state index in [-0.39, 0.29) is 40.0 Å². The molecule has 12 heteroatoms. The minimum Gasteiger partial charge on any atom is -0.308 e. The van der Waals surface area contributed by atoms with E-state index in [9.17, 15) is 17.6 Å². The van der Waals surface area contributed by atoms with Gasteiger partial charge in [-0.2, -0.15) is 4.31 Å². The van der Waals surface area contributed by atoms with Gasteiger partial charge < -0.3 is 4.98 Å². The van der Waals surface area contributed by atoms with Crippen molar-refractivity contribution in [3.05, 3.63) is 81.1 Å². The van der Waals surface area contributed by atoms with Gasteiger partial charge in [0.25, 0.3) is 5.56 Å². The van der Waals surface area contributed by atoms with Crippen LogP contribution in [0.2, 0.25) is 5.02 Å². The summed E-state index contributed by atoms with van der Waals surface area (Å²) in [5.41, 5.74) is 1.17. The van der Waals surface area contributed by atoms with Crippen molar-refractivity contribution in [2.75, 3.05) is 13.1 Å². The van der Waals surface area contributed by atoms with Crippen molar-refractivity contribution < 1.29 is 12.8 Å². The molecule has 5 rings (SSSR count). The number of benzene rings is 2. The number of H-pyrrole nitrogens is 1. The largest absolute Gasteiger partial charge is 0.308 e. The van der Waals surface area contributed by atoms with E-state index in [1.165, 1.54) is 10.4 Å². The summed E-state index contributed by atoms with van der Waals surface area (Å²) in [7, 11) is -3.82. The third kappa shape index (κ3) is 4.22. The maximum absolute atomic E-state index is 13.5. The zero-order valence-electron chi connectivity index (χ0n) is 17.9. The standard InChI is InChI=1S/C22H20ClFN6O3S/c23-17-12-16(6-7-18(17)24)34(32,33)29-10-8-15(9-11-29)20-25-21-19(22(31)26-20)27-28-30(21)13-14-4-2-1-3-5-14/h1-7,12,15H,8-11,13H2,(H,25,26,31). The molecule has 1 N–H and O–H groups in total. The number of piperidine rings is 1. The Hall–Kier alpha value is -3.15. The van der Waals surface area contributed by atoms with Crippen LogP contribution in [0.5, 0.6) is 0 Å². The summed E-state index contributed by atoms with van der Waals surface area (Å²) in [4.78, 5) is 20.0.